The minimum atomic E-state index is -0.214. The van der Waals surface area contributed by atoms with Gasteiger partial charge in [0.1, 0.15) is 6.04 Å². The second-order valence-corrected chi connectivity index (χ2v) is 3.84. The molecular formula is C11H14N4. The fourth-order valence-electron chi connectivity index (χ4n) is 1.84. The number of nitrogens with zero attached hydrogens (tertiary/aromatic N) is 3. The van der Waals surface area contributed by atoms with E-state index in [0.29, 0.717) is 12.5 Å². The molecule has 0 radical (unpaired) electrons. The van der Waals surface area contributed by atoms with E-state index < -0.39 is 0 Å². The Bertz CT molecular complexity index is 351. The second kappa shape index (κ2) is 4.39. The van der Waals surface area contributed by atoms with Crippen LogP contribution in [0.1, 0.15) is 11.7 Å². The first-order chi connectivity index (χ1) is 7.35. The van der Waals surface area contributed by atoms with Gasteiger partial charge >= 0.3 is 0 Å². The van der Waals surface area contributed by atoms with E-state index in [1.807, 2.05) is 18.2 Å². The zero-order chi connectivity index (χ0) is 10.7. The summed E-state index contributed by atoms with van der Waals surface area (Å²) >= 11 is 0. The number of hydrogen-bond acceptors (Lipinski definition) is 4. The van der Waals surface area contributed by atoms with Crippen molar-refractivity contribution < 1.29 is 0 Å². The highest BCUT2D eigenvalue weighted by Crippen LogP contribution is 2.26. The summed E-state index contributed by atoms with van der Waals surface area (Å²) in [5.41, 5.74) is 6.38. The lowest BCUT2D eigenvalue weighted by Crippen LogP contribution is -2.51. The van der Waals surface area contributed by atoms with E-state index in [4.69, 9.17) is 11.0 Å². The quantitative estimate of drug-likeness (QED) is 0.776. The van der Waals surface area contributed by atoms with E-state index in [1.54, 1.807) is 6.20 Å². The topological polar surface area (TPSA) is 65.9 Å². The summed E-state index contributed by atoms with van der Waals surface area (Å²) in [4.78, 5) is 6.32. The van der Waals surface area contributed by atoms with Crippen molar-refractivity contribution in [2.24, 2.45) is 11.7 Å². The summed E-state index contributed by atoms with van der Waals surface area (Å²) < 4.78 is 0. The van der Waals surface area contributed by atoms with Crippen LogP contribution in [-0.2, 0) is 0 Å². The van der Waals surface area contributed by atoms with Crippen LogP contribution in [0.4, 0.5) is 0 Å². The van der Waals surface area contributed by atoms with Crippen LogP contribution < -0.4 is 5.73 Å². The molecule has 2 heterocycles. The van der Waals surface area contributed by atoms with Gasteiger partial charge in [-0.2, -0.15) is 5.26 Å². The van der Waals surface area contributed by atoms with E-state index in [2.05, 4.69) is 16.0 Å². The van der Waals surface area contributed by atoms with Crippen molar-refractivity contribution in [2.75, 3.05) is 19.6 Å². The Morgan fingerprint density at radius 1 is 1.60 bits per heavy atom. The van der Waals surface area contributed by atoms with Crippen molar-refractivity contribution in [3.63, 3.8) is 0 Å². The Labute approximate surface area is 89.3 Å². The molecule has 0 aliphatic carbocycles. The average Bonchev–Trinajstić information content (AvgIpc) is 2.24. The molecule has 1 unspecified atom stereocenters. The van der Waals surface area contributed by atoms with E-state index in [1.165, 1.54) is 0 Å². The molecule has 1 aliphatic heterocycles. The molecule has 0 aromatic carbocycles. The molecule has 2 N–H and O–H groups in total. The van der Waals surface area contributed by atoms with Crippen LogP contribution in [-0.4, -0.2) is 29.5 Å². The maximum atomic E-state index is 9.11. The van der Waals surface area contributed by atoms with Crippen LogP contribution in [0.2, 0.25) is 0 Å². The summed E-state index contributed by atoms with van der Waals surface area (Å²) in [7, 11) is 0. The molecule has 1 fully saturated rings. The lowest BCUT2D eigenvalue weighted by Gasteiger charge is -2.41. The molecule has 78 valence electrons. The van der Waals surface area contributed by atoms with E-state index in [0.717, 1.165) is 18.8 Å². The van der Waals surface area contributed by atoms with E-state index >= 15 is 0 Å². The first-order valence-electron chi connectivity index (χ1n) is 5.10. The Morgan fingerprint density at radius 3 is 2.93 bits per heavy atom. The molecule has 0 bridgehead atoms. The first-order valence-corrected chi connectivity index (χ1v) is 5.10. The lowest BCUT2D eigenvalue weighted by molar-refractivity contribution is 0.0782. The van der Waals surface area contributed by atoms with Gasteiger partial charge in [0.25, 0.3) is 0 Å². The zero-order valence-electron chi connectivity index (χ0n) is 8.50. The predicted molar refractivity (Wildman–Crippen MR) is 56.7 cm³/mol. The normalized spacial score (nSPS) is 19.2. The van der Waals surface area contributed by atoms with Crippen LogP contribution in [0.25, 0.3) is 0 Å². The fourth-order valence-corrected chi connectivity index (χ4v) is 1.84. The van der Waals surface area contributed by atoms with Gasteiger partial charge < -0.3 is 5.73 Å². The highest BCUT2D eigenvalue weighted by molar-refractivity contribution is 5.17. The molecule has 1 saturated heterocycles. The molecule has 0 spiro atoms. The molecule has 1 aromatic heterocycles. The maximum Gasteiger partial charge on any atom is 0.140 e. The maximum absolute atomic E-state index is 9.11. The first kappa shape index (κ1) is 10.1. The van der Waals surface area contributed by atoms with Gasteiger partial charge in [0.15, 0.2) is 0 Å². The number of nitrogens with two attached hydrogens (primary N) is 1. The standard InChI is InChI=1S/C11H14N4/c12-5-9-7-15(8-9)11(6-13)10-3-1-2-4-14-10/h1-4,9,11H,5,7-8,12H2. The summed E-state index contributed by atoms with van der Waals surface area (Å²) in [6.07, 6.45) is 1.72. The van der Waals surface area contributed by atoms with Crippen molar-refractivity contribution >= 4 is 0 Å². The third-order valence-corrected chi connectivity index (χ3v) is 2.77. The van der Waals surface area contributed by atoms with E-state index in [-0.39, 0.29) is 6.04 Å². The Kier molecular flexibility index (Phi) is 2.95. The Hall–Kier alpha value is -1.44. The van der Waals surface area contributed by atoms with Crippen molar-refractivity contribution in [3.8, 4) is 6.07 Å². The van der Waals surface area contributed by atoms with Gasteiger partial charge in [-0.05, 0) is 24.6 Å². The monoisotopic (exact) mass is 202 g/mol. The number of likely N-dealkylation sites (tertiary alicyclic amines) is 1. The van der Waals surface area contributed by atoms with Gasteiger partial charge in [-0.1, -0.05) is 6.07 Å². The number of pyridine rings is 1. The molecule has 1 aliphatic rings. The minimum absolute atomic E-state index is 0.214. The van der Waals surface area contributed by atoms with Crippen LogP contribution in [0, 0.1) is 17.2 Å². The molecule has 4 nitrogen and oxygen atoms in total. The van der Waals surface area contributed by atoms with Crippen LogP contribution in [0.15, 0.2) is 24.4 Å². The average molecular weight is 202 g/mol. The van der Waals surface area contributed by atoms with Gasteiger partial charge in [0.2, 0.25) is 0 Å². The molecule has 0 amide bonds. The number of hydrogen-bond donors (Lipinski definition) is 1. The van der Waals surface area contributed by atoms with Crippen molar-refractivity contribution in [2.45, 2.75) is 6.04 Å². The molecule has 4 heteroatoms. The predicted octanol–water partition coefficient (Wildman–Crippen LogP) is 0.537. The number of aromatic nitrogens is 1. The minimum Gasteiger partial charge on any atom is -0.330 e. The Balaban J connectivity index is 2.04. The molecule has 1 atom stereocenters. The molecule has 2 rings (SSSR count). The van der Waals surface area contributed by atoms with Gasteiger partial charge in [0.05, 0.1) is 11.8 Å². The summed E-state index contributed by atoms with van der Waals surface area (Å²) in [6, 6.07) is 7.73. The van der Waals surface area contributed by atoms with Crippen LogP contribution in [0.5, 0.6) is 0 Å². The number of nitriles is 1. The number of rotatable bonds is 3. The summed E-state index contributed by atoms with van der Waals surface area (Å²) in [5.74, 6) is 0.546. The highest BCUT2D eigenvalue weighted by Gasteiger charge is 2.32. The van der Waals surface area contributed by atoms with Crippen molar-refractivity contribution in [3.05, 3.63) is 30.1 Å². The second-order valence-electron chi connectivity index (χ2n) is 3.84. The largest absolute Gasteiger partial charge is 0.330 e. The lowest BCUT2D eigenvalue weighted by atomic mass is 9.97. The Morgan fingerprint density at radius 2 is 2.40 bits per heavy atom. The summed E-state index contributed by atoms with van der Waals surface area (Å²) in [5, 5.41) is 9.11. The molecule has 1 aromatic rings. The van der Waals surface area contributed by atoms with Crippen LogP contribution >= 0.6 is 0 Å². The van der Waals surface area contributed by atoms with Crippen molar-refractivity contribution in [1.29, 1.82) is 5.26 Å². The molecular weight excluding hydrogens is 188 g/mol. The smallest absolute Gasteiger partial charge is 0.140 e. The van der Waals surface area contributed by atoms with Gasteiger partial charge in [-0.25, -0.2) is 0 Å². The third-order valence-electron chi connectivity index (χ3n) is 2.77. The third kappa shape index (κ3) is 1.99. The van der Waals surface area contributed by atoms with Gasteiger partial charge in [-0.3, -0.25) is 9.88 Å². The summed E-state index contributed by atoms with van der Waals surface area (Å²) in [6.45, 7) is 2.52. The van der Waals surface area contributed by atoms with Crippen molar-refractivity contribution in [1.82, 2.24) is 9.88 Å². The fraction of sp³-hybridized carbons (Fsp3) is 0.455. The molecule has 15 heavy (non-hydrogen) atoms. The van der Waals surface area contributed by atoms with Gasteiger partial charge in [-0.15, -0.1) is 0 Å². The van der Waals surface area contributed by atoms with Crippen LogP contribution in [0.3, 0.4) is 0 Å². The van der Waals surface area contributed by atoms with E-state index in [9.17, 15) is 0 Å². The SMILES string of the molecule is N#CC(c1ccccn1)N1CC(CN)C1. The molecule has 0 saturated carbocycles. The van der Waals surface area contributed by atoms with Gasteiger partial charge in [0, 0.05) is 19.3 Å². The zero-order valence-corrected chi connectivity index (χ0v) is 8.50. The highest BCUT2D eigenvalue weighted by atomic mass is 15.2.